The van der Waals surface area contributed by atoms with Gasteiger partial charge in [0.05, 0.1) is 0 Å². The minimum Gasteiger partial charge on any atom is -0.481 e. The number of rotatable bonds is 5. The van der Waals surface area contributed by atoms with Crippen LogP contribution in [0.4, 0.5) is 0 Å². The summed E-state index contributed by atoms with van der Waals surface area (Å²) in [7, 11) is 0. The van der Waals surface area contributed by atoms with Crippen LogP contribution in [0.3, 0.4) is 0 Å². The fraction of sp³-hybridized carbons (Fsp3) is 0.500. The monoisotopic (exact) mass is 235 g/mol. The first-order valence-electron chi connectivity index (χ1n) is 6.07. The molecule has 0 aromatic heterocycles. The molecule has 1 N–H and O–H groups in total. The maximum atomic E-state index is 11.8. The highest BCUT2D eigenvalue weighted by molar-refractivity contribution is 5.81. The predicted octanol–water partition coefficient (Wildman–Crippen LogP) is 2.68. The molecule has 0 fully saturated rings. The first-order chi connectivity index (χ1) is 8.04. The summed E-state index contributed by atoms with van der Waals surface area (Å²) in [4.78, 5) is 11.8. The van der Waals surface area contributed by atoms with E-state index < -0.39 is 6.10 Å². The largest absolute Gasteiger partial charge is 0.481 e. The molecule has 0 heterocycles. The van der Waals surface area contributed by atoms with E-state index in [1.54, 1.807) is 6.92 Å². The molecule has 0 saturated heterocycles. The van der Waals surface area contributed by atoms with E-state index in [-0.39, 0.29) is 11.9 Å². The predicted molar refractivity (Wildman–Crippen MR) is 69.2 cm³/mol. The Balaban J connectivity index is 2.57. The van der Waals surface area contributed by atoms with Crippen LogP contribution in [0, 0.1) is 6.92 Å². The van der Waals surface area contributed by atoms with Crippen molar-refractivity contribution in [2.75, 3.05) is 0 Å². The van der Waals surface area contributed by atoms with Crippen LogP contribution < -0.4 is 10.1 Å². The summed E-state index contributed by atoms with van der Waals surface area (Å²) in [6.45, 7) is 7.76. The molecule has 0 aliphatic rings. The van der Waals surface area contributed by atoms with Crippen LogP contribution in [0.15, 0.2) is 24.3 Å². The lowest BCUT2D eigenvalue weighted by Gasteiger charge is -2.18. The molecule has 0 radical (unpaired) electrons. The van der Waals surface area contributed by atoms with Gasteiger partial charge in [-0.15, -0.1) is 0 Å². The van der Waals surface area contributed by atoms with Gasteiger partial charge < -0.3 is 10.1 Å². The van der Waals surface area contributed by atoms with Gasteiger partial charge in [0.15, 0.2) is 6.10 Å². The number of ether oxygens (including phenoxy) is 1. The standard InChI is InChI=1S/C14H21NO2/c1-5-11(3)15-14(16)12(4)17-13-9-7-6-8-10(13)2/h6-9,11-12H,5H2,1-4H3,(H,15,16)/t11-,12-/m0/s1. The van der Waals surface area contributed by atoms with Gasteiger partial charge in [0.25, 0.3) is 5.91 Å². The fourth-order valence-electron chi connectivity index (χ4n) is 1.39. The topological polar surface area (TPSA) is 38.3 Å². The number of hydrogen-bond acceptors (Lipinski definition) is 2. The highest BCUT2D eigenvalue weighted by atomic mass is 16.5. The van der Waals surface area contributed by atoms with Crippen LogP contribution in [0.1, 0.15) is 32.8 Å². The minimum absolute atomic E-state index is 0.0670. The number of carbonyl (C=O) groups is 1. The van der Waals surface area contributed by atoms with Gasteiger partial charge in [-0.2, -0.15) is 0 Å². The number of aryl methyl sites for hydroxylation is 1. The second-order valence-corrected chi connectivity index (χ2v) is 4.34. The van der Waals surface area contributed by atoms with Crippen molar-refractivity contribution in [3.8, 4) is 5.75 Å². The molecule has 1 aromatic rings. The maximum Gasteiger partial charge on any atom is 0.260 e. The summed E-state index contributed by atoms with van der Waals surface area (Å²) in [6.07, 6.45) is 0.452. The summed E-state index contributed by atoms with van der Waals surface area (Å²) in [6, 6.07) is 7.88. The van der Waals surface area contributed by atoms with Gasteiger partial charge in [-0.25, -0.2) is 0 Å². The number of benzene rings is 1. The van der Waals surface area contributed by atoms with E-state index in [4.69, 9.17) is 4.74 Å². The lowest BCUT2D eigenvalue weighted by molar-refractivity contribution is -0.127. The van der Waals surface area contributed by atoms with Crippen LogP contribution in [-0.2, 0) is 4.79 Å². The Morgan fingerprint density at radius 2 is 2.00 bits per heavy atom. The van der Waals surface area contributed by atoms with Gasteiger partial charge >= 0.3 is 0 Å². The zero-order chi connectivity index (χ0) is 12.8. The van der Waals surface area contributed by atoms with Crippen LogP contribution in [0.25, 0.3) is 0 Å². The van der Waals surface area contributed by atoms with Crippen molar-refractivity contribution >= 4 is 5.91 Å². The molecular weight excluding hydrogens is 214 g/mol. The molecule has 0 saturated carbocycles. The molecule has 0 bridgehead atoms. The normalized spacial score (nSPS) is 13.9. The van der Waals surface area contributed by atoms with Gasteiger partial charge in [0.1, 0.15) is 5.75 Å². The fourth-order valence-corrected chi connectivity index (χ4v) is 1.39. The molecule has 0 aliphatic carbocycles. The molecule has 1 amide bonds. The van der Waals surface area contributed by atoms with Gasteiger partial charge in [-0.3, -0.25) is 4.79 Å². The molecular formula is C14H21NO2. The average Bonchev–Trinajstić information content (AvgIpc) is 2.31. The quantitative estimate of drug-likeness (QED) is 0.852. The summed E-state index contributed by atoms with van der Waals surface area (Å²) in [5, 5.41) is 2.91. The van der Waals surface area contributed by atoms with Crippen molar-refractivity contribution in [2.24, 2.45) is 0 Å². The molecule has 1 aromatic carbocycles. The first kappa shape index (κ1) is 13.6. The second-order valence-electron chi connectivity index (χ2n) is 4.34. The Hall–Kier alpha value is -1.51. The third-order valence-corrected chi connectivity index (χ3v) is 2.77. The van der Waals surface area contributed by atoms with E-state index in [1.165, 1.54) is 0 Å². The molecule has 0 aliphatic heterocycles. The Kier molecular flexibility index (Phi) is 5.01. The zero-order valence-electron chi connectivity index (χ0n) is 11.0. The zero-order valence-corrected chi connectivity index (χ0v) is 11.0. The average molecular weight is 235 g/mol. The number of hydrogen-bond donors (Lipinski definition) is 1. The van der Waals surface area contributed by atoms with Crippen LogP contribution in [0.2, 0.25) is 0 Å². The van der Waals surface area contributed by atoms with Crippen molar-refractivity contribution in [1.82, 2.24) is 5.32 Å². The van der Waals surface area contributed by atoms with E-state index in [2.05, 4.69) is 5.32 Å². The highest BCUT2D eigenvalue weighted by Crippen LogP contribution is 2.17. The van der Waals surface area contributed by atoms with Crippen molar-refractivity contribution in [2.45, 2.75) is 46.3 Å². The lowest BCUT2D eigenvalue weighted by atomic mass is 10.2. The van der Waals surface area contributed by atoms with Crippen LogP contribution in [-0.4, -0.2) is 18.1 Å². The third-order valence-electron chi connectivity index (χ3n) is 2.77. The molecule has 1 rings (SSSR count). The summed E-state index contributed by atoms with van der Waals surface area (Å²) in [5.74, 6) is 0.696. The number of nitrogens with one attached hydrogen (secondary N) is 1. The minimum atomic E-state index is -0.468. The smallest absolute Gasteiger partial charge is 0.260 e. The Labute approximate surface area is 103 Å². The third kappa shape index (κ3) is 4.10. The summed E-state index contributed by atoms with van der Waals surface area (Å²) in [5.41, 5.74) is 1.04. The van der Waals surface area contributed by atoms with E-state index in [1.807, 2.05) is 45.0 Å². The first-order valence-corrected chi connectivity index (χ1v) is 6.07. The van der Waals surface area contributed by atoms with Gasteiger partial charge in [0.2, 0.25) is 0 Å². The molecule has 17 heavy (non-hydrogen) atoms. The Bertz CT molecular complexity index is 376. The maximum absolute atomic E-state index is 11.8. The van der Waals surface area contributed by atoms with Crippen LogP contribution >= 0.6 is 0 Å². The summed E-state index contributed by atoms with van der Waals surface area (Å²) >= 11 is 0. The van der Waals surface area contributed by atoms with E-state index >= 15 is 0 Å². The number of para-hydroxylation sites is 1. The van der Waals surface area contributed by atoms with Crippen molar-refractivity contribution in [3.63, 3.8) is 0 Å². The van der Waals surface area contributed by atoms with Crippen molar-refractivity contribution in [3.05, 3.63) is 29.8 Å². The molecule has 3 nitrogen and oxygen atoms in total. The highest BCUT2D eigenvalue weighted by Gasteiger charge is 2.16. The lowest BCUT2D eigenvalue weighted by Crippen LogP contribution is -2.41. The van der Waals surface area contributed by atoms with Crippen molar-refractivity contribution in [1.29, 1.82) is 0 Å². The Morgan fingerprint density at radius 1 is 1.35 bits per heavy atom. The molecule has 94 valence electrons. The van der Waals surface area contributed by atoms with Gasteiger partial charge in [0, 0.05) is 6.04 Å². The van der Waals surface area contributed by atoms with Crippen LogP contribution in [0.5, 0.6) is 5.75 Å². The SMILES string of the molecule is CC[C@H](C)NC(=O)[C@H](C)Oc1ccccc1C. The van der Waals surface area contributed by atoms with Gasteiger partial charge in [-0.1, -0.05) is 25.1 Å². The van der Waals surface area contributed by atoms with E-state index in [0.29, 0.717) is 0 Å². The molecule has 0 unspecified atom stereocenters. The Morgan fingerprint density at radius 3 is 2.59 bits per heavy atom. The number of amides is 1. The molecule has 0 spiro atoms. The van der Waals surface area contributed by atoms with E-state index in [9.17, 15) is 4.79 Å². The molecule has 3 heteroatoms. The van der Waals surface area contributed by atoms with Gasteiger partial charge in [-0.05, 0) is 38.8 Å². The van der Waals surface area contributed by atoms with E-state index in [0.717, 1.165) is 17.7 Å². The molecule has 2 atom stereocenters. The van der Waals surface area contributed by atoms with Crippen molar-refractivity contribution < 1.29 is 9.53 Å². The number of carbonyl (C=O) groups excluding carboxylic acids is 1. The summed E-state index contributed by atoms with van der Waals surface area (Å²) < 4.78 is 5.64. The second kappa shape index (κ2) is 6.28.